The Morgan fingerprint density at radius 3 is 2.53 bits per heavy atom. The molecule has 0 spiro atoms. The second kappa shape index (κ2) is 6.28. The molecule has 92 valence electrons. The fraction of sp³-hybridized carbons (Fsp3) is 0.500. The molecular weight excluding hydrogens is 212 g/mol. The summed E-state index contributed by atoms with van der Waals surface area (Å²) in [6, 6.07) is 9.90. The Bertz CT molecular complexity index is 344. The fourth-order valence-corrected chi connectivity index (χ4v) is 2.29. The summed E-state index contributed by atoms with van der Waals surface area (Å²) in [4.78, 5) is 11.6. The van der Waals surface area contributed by atoms with Gasteiger partial charge in [0.15, 0.2) is 0 Å². The summed E-state index contributed by atoms with van der Waals surface area (Å²) in [5.74, 6) is 0.692. The van der Waals surface area contributed by atoms with E-state index in [4.69, 9.17) is 0 Å². The van der Waals surface area contributed by atoms with Crippen LogP contribution in [0, 0.1) is 5.92 Å². The zero-order chi connectivity index (χ0) is 11.9. The molecule has 0 radical (unpaired) electrons. The van der Waals surface area contributed by atoms with E-state index < -0.39 is 0 Å². The first kappa shape index (κ1) is 12.0. The highest BCUT2D eigenvalue weighted by atomic mass is 16.2. The maximum Gasteiger partial charge on any atom is 0.315 e. The van der Waals surface area contributed by atoms with Crippen LogP contribution in [0.5, 0.6) is 0 Å². The van der Waals surface area contributed by atoms with Gasteiger partial charge in [0.25, 0.3) is 0 Å². The number of carbonyl (C=O) groups is 1. The summed E-state index contributed by atoms with van der Waals surface area (Å²) in [6.07, 6.45) is 5.16. The summed E-state index contributed by atoms with van der Waals surface area (Å²) in [7, 11) is 0. The third-order valence-corrected chi connectivity index (χ3v) is 3.32. The molecule has 1 saturated carbocycles. The summed E-state index contributed by atoms with van der Waals surface area (Å²) in [6.45, 7) is 1.41. The molecule has 0 saturated heterocycles. The Labute approximate surface area is 103 Å². The summed E-state index contributed by atoms with van der Waals surface area (Å²) in [5.41, 5.74) is 1.13. The average molecular weight is 232 g/mol. The number of urea groups is 1. The van der Waals surface area contributed by atoms with E-state index in [1.165, 1.54) is 25.7 Å². The molecule has 17 heavy (non-hydrogen) atoms. The van der Waals surface area contributed by atoms with Crippen molar-refractivity contribution in [1.82, 2.24) is 10.6 Å². The van der Waals surface area contributed by atoms with Crippen molar-refractivity contribution in [3.8, 4) is 0 Å². The van der Waals surface area contributed by atoms with Crippen LogP contribution < -0.4 is 10.6 Å². The van der Waals surface area contributed by atoms with E-state index in [1.807, 2.05) is 30.3 Å². The van der Waals surface area contributed by atoms with Crippen molar-refractivity contribution >= 4 is 6.03 Å². The summed E-state index contributed by atoms with van der Waals surface area (Å²) < 4.78 is 0. The minimum Gasteiger partial charge on any atom is -0.338 e. The van der Waals surface area contributed by atoms with Crippen molar-refractivity contribution in [2.45, 2.75) is 32.2 Å². The summed E-state index contributed by atoms with van der Waals surface area (Å²) >= 11 is 0. The van der Waals surface area contributed by atoms with Crippen LogP contribution in [0.4, 0.5) is 4.79 Å². The Hall–Kier alpha value is -1.51. The van der Waals surface area contributed by atoms with E-state index in [0.717, 1.165) is 12.1 Å². The van der Waals surface area contributed by atoms with Crippen molar-refractivity contribution in [3.63, 3.8) is 0 Å². The molecule has 2 amide bonds. The quantitative estimate of drug-likeness (QED) is 0.823. The van der Waals surface area contributed by atoms with Crippen LogP contribution in [0.25, 0.3) is 0 Å². The standard InChI is InChI=1S/C14H20N2O/c17-14(16-11-13-8-4-5-9-13)15-10-12-6-2-1-3-7-12/h1-3,6-7,13H,4-5,8-11H2,(H2,15,16,17). The number of nitrogens with one attached hydrogen (secondary N) is 2. The summed E-state index contributed by atoms with van der Waals surface area (Å²) in [5, 5.41) is 5.82. The SMILES string of the molecule is O=C(NCc1ccccc1)NCC1CCCC1. The Kier molecular flexibility index (Phi) is 4.42. The smallest absolute Gasteiger partial charge is 0.315 e. The molecule has 2 rings (SSSR count). The van der Waals surface area contributed by atoms with Crippen LogP contribution in [0.3, 0.4) is 0 Å². The zero-order valence-corrected chi connectivity index (χ0v) is 10.1. The molecule has 0 atom stereocenters. The van der Waals surface area contributed by atoms with Gasteiger partial charge in [0.05, 0.1) is 0 Å². The van der Waals surface area contributed by atoms with Gasteiger partial charge in [0, 0.05) is 13.1 Å². The van der Waals surface area contributed by atoms with Gasteiger partial charge >= 0.3 is 6.03 Å². The van der Waals surface area contributed by atoms with E-state index in [-0.39, 0.29) is 6.03 Å². The van der Waals surface area contributed by atoms with Gasteiger partial charge in [-0.1, -0.05) is 43.2 Å². The van der Waals surface area contributed by atoms with Gasteiger partial charge < -0.3 is 10.6 Å². The first-order valence-electron chi connectivity index (χ1n) is 6.40. The lowest BCUT2D eigenvalue weighted by Crippen LogP contribution is -2.37. The highest BCUT2D eigenvalue weighted by Crippen LogP contribution is 2.23. The number of benzene rings is 1. The topological polar surface area (TPSA) is 41.1 Å². The Morgan fingerprint density at radius 2 is 1.82 bits per heavy atom. The predicted molar refractivity (Wildman–Crippen MR) is 68.6 cm³/mol. The van der Waals surface area contributed by atoms with Crippen molar-refractivity contribution in [2.75, 3.05) is 6.54 Å². The Balaban J connectivity index is 1.64. The highest BCUT2D eigenvalue weighted by Gasteiger charge is 2.15. The van der Waals surface area contributed by atoms with Crippen molar-refractivity contribution in [3.05, 3.63) is 35.9 Å². The molecule has 1 aromatic carbocycles. The largest absolute Gasteiger partial charge is 0.338 e. The normalized spacial score (nSPS) is 15.8. The minimum absolute atomic E-state index is 0.0549. The van der Waals surface area contributed by atoms with Crippen LogP contribution >= 0.6 is 0 Å². The third kappa shape index (κ3) is 4.10. The first-order chi connectivity index (χ1) is 8.34. The third-order valence-electron chi connectivity index (χ3n) is 3.32. The number of amides is 2. The zero-order valence-electron chi connectivity index (χ0n) is 10.1. The number of carbonyl (C=O) groups excluding carboxylic acids is 1. The Morgan fingerprint density at radius 1 is 1.12 bits per heavy atom. The van der Waals surface area contributed by atoms with E-state index in [0.29, 0.717) is 12.5 Å². The molecule has 3 nitrogen and oxygen atoms in total. The van der Waals surface area contributed by atoms with Gasteiger partial charge in [0.1, 0.15) is 0 Å². The van der Waals surface area contributed by atoms with Crippen molar-refractivity contribution in [2.24, 2.45) is 5.92 Å². The van der Waals surface area contributed by atoms with Crippen LogP contribution in [-0.2, 0) is 6.54 Å². The minimum atomic E-state index is -0.0549. The van der Waals surface area contributed by atoms with Gasteiger partial charge in [-0.25, -0.2) is 4.79 Å². The van der Waals surface area contributed by atoms with Crippen LogP contribution in [0.15, 0.2) is 30.3 Å². The molecule has 0 aliphatic heterocycles. The van der Waals surface area contributed by atoms with Crippen molar-refractivity contribution in [1.29, 1.82) is 0 Å². The molecule has 0 heterocycles. The predicted octanol–water partition coefficient (Wildman–Crippen LogP) is 2.68. The van der Waals surface area contributed by atoms with Gasteiger partial charge in [0.2, 0.25) is 0 Å². The highest BCUT2D eigenvalue weighted by molar-refractivity contribution is 5.73. The molecule has 3 heteroatoms. The molecule has 1 fully saturated rings. The monoisotopic (exact) mass is 232 g/mol. The molecule has 1 aliphatic carbocycles. The molecule has 1 aromatic rings. The maximum atomic E-state index is 11.6. The van der Waals surface area contributed by atoms with Crippen LogP contribution in [0.2, 0.25) is 0 Å². The molecule has 2 N–H and O–H groups in total. The van der Waals surface area contributed by atoms with Gasteiger partial charge in [-0.05, 0) is 24.3 Å². The lowest BCUT2D eigenvalue weighted by molar-refractivity contribution is 0.238. The van der Waals surface area contributed by atoms with Gasteiger partial charge in [-0.15, -0.1) is 0 Å². The van der Waals surface area contributed by atoms with Crippen molar-refractivity contribution < 1.29 is 4.79 Å². The fourth-order valence-electron chi connectivity index (χ4n) is 2.29. The van der Waals surface area contributed by atoms with E-state index in [9.17, 15) is 4.79 Å². The second-order valence-electron chi connectivity index (χ2n) is 4.70. The second-order valence-corrected chi connectivity index (χ2v) is 4.70. The van der Waals surface area contributed by atoms with Crippen LogP contribution in [-0.4, -0.2) is 12.6 Å². The molecular formula is C14H20N2O. The number of hydrogen-bond acceptors (Lipinski definition) is 1. The lowest BCUT2D eigenvalue weighted by atomic mass is 10.1. The van der Waals surface area contributed by atoms with E-state index in [1.54, 1.807) is 0 Å². The number of rotatable bonds is 4. The first-order valence-corrected chi connectivity index (χ1v) is 6.40. The average Bonchev–Trinajstić information content (AvgIpc) is 2.88. The van der Waals surface area contributed by atoms with E-state index >= 15 is 0 Å². The molecule has 0 aromatic heterocycles. The van der Waals surface area contributed by atoms with Gasteiger partial charge in [-0.2, -0.15) is 0 Å². The lowest BCUT2D eigenvalue weighted by Gasteiger charge is -2.11. The molecule has 0 unspecified atom stereocenters. The molecule has 1 aliphatic rings. The van der Waals surface area contributed by atoms with Crippen LogP contribution in [0.1, 0.15) is 31.2 Å². The van der Waals surface area contributed by atoms with Gasteiger partial charge in [-0.3, -0.25) is 0 Å². The van der Waals surface area contributed by atoms with E-state index in [2.05, 4.69) is 10.6 Å². The number of hydrogen-bond donors (Lipinski definition) is 2. The molecule has 0 bridgehead atoms. The maximum absolute atomic E-state index is 11.6.